The monoisotopic (exact) mass is 462 g/mol. The number of carboxylic acids is 1. The van der Waals surface area contributed by atoms with Crippen molar-refractivity contribution in [2.45, 2.75) is 70.6 Å². The maximum absolute atomic E-state index is 13.0. The number of amides is 3. The van der Waals surface area contributed by atoms with Crippen LogP contribution in [0.4, 0.5) is 0 Å². The molecule has 10 nitrogen and oxygen atoms in total. The molecule has 1 aliphatic heterocycles. The molecule has 5 unspecified atom stereocenters. The van der Waals surface area contributed by atoms with Gasteiger partial charge in [-0.25, -0.2) is 4.79 Å². The summed E-state index contributed by atoms with van der Waals surface area (Å²) in [5.41, 5.74) is 0.715. The maximum Gasteiger partial charge on any atom is 0.326 e. The number of carbonyl (C=O) groups excluding carboxylic acids is 3. The van der Waals surface area contributed by atoms with Crippen LogP contribution in [-0.4, -0.2) is 64.6 Å². The summed E-state index contributed by atoms with van der Waals surface area (Å²) in [7, 11) is 0. The van der Waals surface area contributed by atoms with Crippen molar-refractivity contribution < 1.29 is 29.4 Å². The van der Waals surface area contributed by atoms with Crippen molar-refractivity contribution in [1.29, 1.82) is 0 Å². The predicted molar refractivity (Wildman–Crippen MR) is 121 cm³/mol. The second kappa shape index (κ2) is 12.2. The van der Waals surface area contributed by atoms with Crippen LogP contribution < -0.4 is 21.3 Å². The van der Waals surface area contributed by atoms with E-state index in [4.69, 9.17) is 0 Å². The molecular formula is C23H34N4O6. The van der Waals surface area contributed by atoms with Crippen LogP contribution in [0.5, 0.6) is 5.75 Å². The molecule has 1 aliphatic rings. The maximum atomic E-state index is 13.0. The van der Waals surface area contributed by atoms with Gasteiger partial charge < -0.3 is 31.5 Å². The third kappa shape index (κ3) is 7.74. The van der Waals surface area contributed by atoms with Crippen molar-refractivity contribution in [3.05, 3.63) is 29.8 Å². The van der Waals surface area contributed by atoms with Gasteiger partial charge in [-0.05, 0) is 49.9 Å². The number of benzene rings is 1. The third-order valence-electron chi connectivity index (χ3n) is 5.91. The van der Waals surface area contributed by atoms with E-state index in [1.807, 2.05) is 6.92 Å². The Balaban J connectivity index is 2.08. The molecule has 182 valence electrons. The number of phenols is 1. The summed E-state index contributed by atoms with van der Waals surface area (Å²) in [4.78, 5) is 49.7. The summed E-state index contributed by atoms with van der Waals surface area (Å²) in [6.07, 6.45) is 2.26. The minimum Gasteiger partial charge on any atom is -0.508 e. The molecule has 0 aliphatic carbocycles. The lowest BCUT2D eigenvalue weighted by Gasteiger charge is -2.25. The van der Waals surface area contributed by atoms with Crippen LogP contribution in [0.1, 0.15) is 45.6 Å². The van der Waals surface area contributed by atoms with Gasteiger partial charge in [-0.15, -0.1) is 0 Å². The van der Waals surface area contributed by atoms with Gasteiger partial charge in [-0.3, -0.25) is 14.4 Å². The van der Waals surface area contributed by atoms with E-state index < -0.39 is 35.9 Å². The molecule has 0 bridgehead atoms. The summed E-state index contributed by atoms with van der Waals surface area (Å²) < 4.78 is 0. The molecule has 1 saturated heterocycles. The number of hydrogen-bond donors (Lipinski definition) is 6. The van der Waals surface area contributed by atoms with Crippen LogP contribution in [0.3, 0.4) is 0 Å². The first kappa shape index (κ1) is 26.1. The van der Waals surface area contributed by atoms with Gasteiger partial charge in [0, 0.05) is 6.42 Å². The molecule has 1 heterocycles. The molecule has 0 saturated carbocycles. The van der Waals surface area contributed by atoms with E-state index in [1.54, 1.807) is 19.1 Å². The average molecular weight is 463 g/mol. The Morgan fingerprint density at radius 3 is 2.27 bits per heavy atom. The van der Waals surface area contributed by atoms with Gasteiger partial charge in [0.2, 0.25) is 17.7 Å². The van der Waals surface area contributed by atoms with Gasteiger partial charge in [0.25, 0.3) is 0 Å². The fourth-order valence-electron chi connectivity index (χ4n) is 3.60. The lowest BCUT2D eigenvalue weighted by molar-refractivity contribution is -0.143. The molecule has 33 heavy (non-hydrogen) atoms. The topological polar surface area (TPSA) is 157 Å². The summed E-state index contributed by atoms with van der Waals surface area (Å²) in [6, 6.07) is 2.86. The number of aromatic hydroxyl groups is 1. The summed E-state index contributed by atoms with van der Waals surface area (Å²) in [5, 5.41) is 29.8. The number of phenolic OH excluding ortho intramolecular Hbond substituents is 1. The SMILES string of the molecule is CCC(C)C(NC(=O)C(C)NC(=O)C(Cc1ccc(O)cc1)NC(=O)C1CCCN1)C(=O)O. The Kier molecular flexibility index (Phi) is 9.65. The van der Waals surface area contributed by atoms with Crippen molar-refractivity contribution in [2.24, 2.45) is 5.92 Å². The van der Waals surface area contributed by atoms with Gasteiger partial charge in [-0.2, -0.15) is 0 Å². The number of aliphatic carboxylic acids is 1. The Morgan fingerprint density at radius 1 is 1.06 bits per heavy atom. The zero-order valence-electron chi connectivity index (χ0n) is 19.3. The average Bonchev–Trinajstić information content (AvgIpc) is 3.32. The number of rotatable bonds is 11. The fraction of sp³-hybridized carbons (Fsp3) is 0.565. The largest absolute Gasteiger partial charge is 0.508 e. The summed E-state index contributed by atoms with van der Waals surface area (Å²) >= 11 is 0. The Hall–Kier alpha value is -3.14. The third-order valence-corrected chi connectivity index (χ3v) is 5.91. The summed E-state index contributed by atoms with van der Waals surface area (Å²) in [6.45, 7) is 5.74. The van der Waals surface area contributed by atoms with E-state index in [2.05, 4.69) is 21.3 Å². The second-order valence-electron chi connectivity index (χ2n) is 8.52. The van der Waals surface area contributed by atoms with Crippen LogP contribution in [0.25, 0.3) is 0 Å². The van der Waals surface area contributed by atoms with Crippen LogP contribution in [-0.2, 0) is 25.6 Å². The normalized spacial score (nSPS) is 19.1. The van der Waals surface area contributed by atoms with Crippen molar-refractivity contribution >= 4 is 23.7 Å². The van der Waals surface area contributed by atoms with E-state index >= 15 is 0 Å². The second-order valence-corrected chi connectivity index (χ2v) is 8.52. The van der Waals surface area contributed by atoms with Gasteiger partial charge in [0.15, 0.2) is 0 Å². The van der Waals surface area contributed by atoms with E-state index in [9.17, 15) is 29.4 Å². The fourth-order valence-corrected chi connectivity index (χ4v) is 3.60. The smallest absolute Gasteiger partial charge is 0.326 e. The minimum atomic E-state index is -1.14. The predicted octanol–water partition coefficient (Wildman–Crippen LogP) is 0.292. The van der Waals surface area contributed by atoms with Crippen molar-refractivity contribution in [3.8, 4) is 5.75 Å². The quantitative estimate of drug-likeness (QED) is 0.276. The minimum absolute atomic E-state index is 0.0820. The van der Waals surface area contributed by atoms with Crippen LogP contribution in [0, 0.1) is 5.92 Å². The highest BCUT2D eigenvalue weighted by molar-refractivity contribution is 5.94. The number of hydrogen-bond acceptors (Lipinski definition) is 6. The zero-order valence-corrected chi connectivity index (χ0v) is 19.3. The van der Waals surface area contributed by atoms with Gasteiger partial charge in [0.05, 0.1) is 6.04 Å². The Morgan fingerprint density at radius 2 is 1.73 bits per heavy atom. The van der Waals surface area contributed by atoms with Gasteiger partial charge in [0.1, 0.15) is 23.9 Å². The van der Waals surface area contributed by atoms with Crippen molar-refractivity contribution in [2.75, 3.05) is 6.54 Å². The molecule has 1 fully saturated rings. The molecule has 6 N–H and O–H groups in total. The summed E-state index contributed by atoms with van der Waals surface area (Å²) in [5.74, 6) is -2.83. The zero-order chi connectivity index (χ0) is 24.5. The lowest BCUT2D eigenvalue weighted by Crippen LogP contribution is -2.57. The number of carboxylic acid groups (broad SMARTS) is 1. The van der Waals surface area contributed by atoms with E-state index in [1.165, 1.54) is 19.1 Å². The molecule has 3 amide bonds. The van der Waals surface area contributed by atoms with E-state index in [0.29, 0.717) is 18.4 Å². The lowest BCUT2D eigenvalue weighted by atomic mass is 9.99. The first-order valence-corrected chi connectivity index (χ1v) is 11.3. The first-order chi connectivity index (χ1) is 15.6. The van der Waals surface area contributed by atoms with Crippen LogP contribution >= 0.6 is 0 Å². The highest BCUT2D eigenvalue weighted by Gasteiger charge is 2.31. The van der Waals surface area contributed by atoms with Crippen LogP contribution in [0.15, 0.2) is 24.3 Å². The Labute approximate surface area is 193 Å². The van der Waals surface area contributed by atoms with Gasteiger partial charge in [-0.1, -0.05) is 32.4 Å². The van der Waals surface area contributed by atoms with E-state index in [-0.39, 0.29) is 30.0 Å². The first-order valence-electron chi connectivity index (χ1n) is 11.3. The highest BCUT2D eigenvalue weighted by atomic mass is 16.4. The molecule has 10 heteroatoms. The van der Waals surface area contributed by atoms with Gasteiger partial charge >= 0.3 is 5.97 Å². The molecule has 2 rings (SSSR count). The standard InChI is InChI=1S/C23H34N4O6/c1-4-13(2)19(23(32)33)27-20(29)14(3)25-22(31)18(12-15-7-9-16(28)10-8-15)26-21(30)17-6-5-11-24-17/h7-10,13-14,17-19,24,28H,4-6,11-12H2,1-3H3,(H,25,31)(H,26,30)(H,27,29)(H,32,33). The number of nitrogens with one attached hydrogen (secondary N) is 4. The molecule has 0 spiro atoms. The van der Waals surface area contributed by atoms with Crippen molar-refractivity contribution in [1.82, 2.24) is 21.3 Å². The molecule has 0 radical (unpaired) electrons. The van der Waals surface area contributed by atoms with Crippen LogP contribution in [0.2, 0.25) is 0 Å². The number of carbonyl (C=O) groups is 4. The molecular weight excluding hydrogens is 428 g/mol. The molecule has 5 atom stereocenters. The molecule has 1 aromatic carbocycles. The van der Waals surface area contributed by atoms with E-state index in [0.717, 1.165) is 13.0 Å². The van der Waals surface area contributed by atoms with Crippen molar-refractivity contribution in [3.63, 3.8) is 0 Å². The Bertz CT molecular complexity index is 838. The molecule has 0 aromatic heterocycles. The molecule has 1 aromatic rings. The highest BCUT2D eigenvalue weighted by Crippen LogP contribution is 2.13.